The molecular formula is C22H24N2O6. The molecule has 0 aliphatic carbocycles. The highest BCUT2D eigenvalue weighted by Gasteiger charge is 2.27. The van der Waals surface area contributed by atoms with E-state index in [9.17, 15) is 19.2 Å². The molecule has 1 atom stereocenters. The molecule has 2 aromatic carbocycles. The molecule has 0 saturated carbocycles. The first kappa shape index (κ1) is 22.6. The molecule has 8 heteroatoms. The molecule has 0 fully saturated rings. The Kier molecular flexibility index (Phi) is 8.10. The quantitative estimate of drug-likeness (QED) is 0.644. The van der Waals surface area contributed by atoms with Crippen LogP contribution in [0.5, 0.6) is 0 Å². The molecule has 0 aliphatic heterocycles. The van der Waals surface area contributed by atoms with E-state index in [2.05, 4.69) is 15.4 Å². The van der Waals surface area contributed by atoms with Gasteiger partial charge in [0.05, 0.1) is 18.4 Å². The third-order valence-corrected chi connectivity index (χ3v) is 4.20. The molecule has 0 saturated heterocycles. The van der Waals surface area contributed by atoms with Crippen molar-refractivity contribution < 1.29 is 28.7 Å². The van der Waals surface area contributed by atoms with E-state index in [4.69, 9.17) is 4.74 Å². The van der Waals surface area contributed by atoms with Crippen LogP contribution in [0.2, 0.25) is 0 Å². The Bertz CT molecular complexity index is 911. The van der Waals surface area contributed by atoms with E-state index in [-0.39, 0.29) is 17.2 Å². The molecule has 0 aromatic heterocycles. The maximum Gasteiger partial charge on any atom is 0.339 e. The van der Waals surface area contributed by atoms with Gasteiger partial charge in [0.1, 0.15) is 6.04 Å². The monoisotopic (exact) mass is 412 g/mol. The molecule has 158 valence electrons. The zero-order valence-corrected chi connectivity index (χ0v) is 17.0. The normalized spacial score (nSPS) is 11.3. The van der Waals surface area contributed by atoms with Crippen molar-refractivity contribution in [2.45, 2.75) is 19.9 Å². The van der Waals surface area contributed by atoms with Crippen LogP contribution in [0.4, 0.5) is 5.69 Å². The largest absolute Gasteiger partial charge is 0.465 e. The summed E-state index contributed by atoms with van der Waals surface area (Å²) in [7, 11) is 1.23. The van der Waals surface area contributed by atoms with Crippen LogP contribution in [0, 0.1) is 5.92 Å². The maximum absolute atomic E-state index is 12.4. The molecule has 8 nitrogen and oxygen atoms in total. The Labute approximate surface area is 174 Å². The summed E-state index contributed by atoms with van der Waals surface area (Å²) in [5.41, 5.74) is 0.825. The molecule has 30 heavy (non-hydrogen) atoms. The van der Waals surface area contributed by atoms with Crippen molar-refractivity contribution in [3.05, 3.63) is 65.7 Å². The van der Waals surface area contributed by atoms with Gasteiger partial charge < -0.3 is 20.1 Å². The number of benzene rings is 2. The van der Waals surface area contributed by atoms with Gasteiger partial charge in [0, 0.05) is 5.56 Å². The van der Waals surface area contributed by atoms with E-state index in [0.717, 1.165) is 0 Å². The highest BCUT2D eigenvalue weighted by molar-refractivity contribution is 6.02. The summed E-state index contributed by atoms with van der Waals surface area (Å²) >= 11 is 0. The molecule has 0 radical (unpaired) electrons. The van der Waals surface area contributed by atoms with Gasteiger partial charge in [-0.3, -0.25) is 9.59 Å². The lowest BCUT2D eigenvalue weighted by Crippen LogP contribution is -2.45. The van der Waals surface area contributed by atoms with Crippen molar-refractivity contribution in [1.29, 1.82) is 0 Å². The van der Waals surface area contributed by atoms with E-state index in [1.54, 1.807) is 56.3 Å². The highest BCUT2D eigenvalue weighted by atomic mass is 16.5. The fraction of sp³-hybridized carbons (Fsp3) is 0.273. The summed E-state index contributed by atoms with van der Waals surface area (Å²) in [6.45, 7) is 2.94. The van der Waals surface area contributed by atoms with Crippen molar-refractivity contribution in [2.75, 3.05) is 19.0 Å². The third kappa shape index (κ3) is 6.16. The van der Waals surface area contributed by atoms with Crippen LogP contribution in [-0.4, -0.2) is 43.5 Å². The van der Waals surface area contributed by atoms with Gasteiger partial charge in [-0.2, -0.15) is 0 Å². The van der Waals surface area contributed by atoms with Crippen molar-refractivity contribution in [1.82, 2.24) is 5.32 Å². The summed E-state index contributed by atoms with van der Waals surface area (Å²) in [6.07, 6.45) is 0. The number of para-hydroxylation sites is 1. The van der Waals surface area contributed by atoms with Crippen molar-refractivity contribution >= 4 is 29.4 Å². The first-order valence-electron chi connectivity index (χ1n) is 9.33. The molecule has 2 N–H and O–H groups in total. The smallest absolute Gasteiger partial charge is 0.339 e. The second kappa shape index (κ2) is 10.8. The predicted octanol–water partition coefficient (Wildman–Crippen LogP) is 2.41. The third-order valence-electron chi connectivity index (χ3n) is 4.20. The number of amides is 2. The van der Waals surface area contributed by atoms with Crippen LogP contribution in [0.25, 0.3) is 0 Å². The number of hydrogen-bond acceptors (Lipinski definition) is 6. The average Bonchev–Trinajstić information content (AvgIpc) is 2.75. The van der Waals surface area contributed by atoms with Crippen LogP contribution >= 0.6 is 0 Å². The zero-order valence-electron chi connectivity index (χ0n) is 17.0. The summed E-state index contributed by atoms with van der Waals surface area (Å²) in [5.74, 6) is -2.63. The van der Waals surface area contributed by atoms with Gasteiger partial charge in [0.25, 0.3) is 11.8 Å². The van der Waals surface area contributed by atoms with Crippen LogP contribution in [0.1, 0.15) is 34.6 Å². The second-order valence-electron chi connectivity index (χ2n) is 6.75. The SMILES string of the molecule is COC(=O)c1ccccc1NC(=O)COC(=O)[C@@H](NC(=O)c1ccccc1)C(C)C. The average molecular weight is 412 g/mol. The number of nitrogens with one attached hydrogen (secondary N) is 2. The number of methoxy groups -OCH3 is 1. The molecule has 0 unspecified atom stereocenters. The molecule has 0 bridgehead atoms. The van der Waals surface area contributed by atoms with Crippen LogP contribution in [0.3, 0.4) is 0 Å². The molecule has 0 heterocycles. The van der Waals surface area contributed by atoms with Gasteiger partial charge in [-0.1, -0.05) is 44.2 Å². The van der Waals surface area contributed by atoms with Gasteiger partial charge in [0.15, 0.2) is 6.61 Å². The van der Waals surface area contributed by atoms with Gasteiger partial charge in [-0.25, -0.2) is 9.59 Å². The van der Waals surface area contributed by atoms with Crippen molar-refractivity contribution in [3.8, 4) is 0 Å². The predicted molar refractivity (Wildman–Crippen MR) is 110 cm³/mol. The van der Waals surface area contributed by atoms with Gasteiger partial charge in [-0.05, 0) is 30.2 Å². The molecule has 0 aliphatic rings. The fourth-order valence-corrected chi connectivity index (χ4v) is 2.60. The molecular weight excluding hydrogens is 388 g/mol. The van der Waals surface area contributed by atoms with Gasteiger partial charge in [-0.15, -0.1) is 0 Å². The van der Waals surface area contributed by atoms with E-state index in [1.165, 1.54) is 19.2 Å². The second-order valence-corrected chi connectivity index (χ2v) is 6.75. The minimum Gasteiger partial charge on any atom is -0.465 e. The molecule has 2 aromatic rings. The molecule has 2 rings (SSSR count). The van der Waals surface area contributed by atoms with E-state index >= 15 is 0 Å². The van der Waals surface area contributed by atoms with Crippen LogP contribution in [0.15, 0.2) is 54.6 Å². The Morgan fingerprint density at radius 3 is 2.20 bits per heavy atom. The summed E-state index contributed by atoms with van der Waals surface area (Å²) < 4.78 is 9.75. The van der Waals surface area contributed by atoms with Crippen LogP contribution < -0.4 is 10.6 Å². The Morgan fingerprint density at radius 2 is 1.57 bits per heavy atom. The number of hydrogen-bond donors (Lipinski definition) is 2. The lowest BCUT2D eigenvalue weighted by atomic mass is 10.0. The Morgan fingerprint density at radius 1 is 0.933 bits per heavy atom. The first-order chi connectivity index (χ1) is 14.3. The minimum absolute atomic E-state index is 0.176. The van der Waals surface area contributed by atoms with Gasteiger partial charge in [0.2, 0.25) is 0 Å². The standard InChI is InChI=1S/C22H24N2O6/c1-14(2)19(24-20(26)15-9-5-4-6-10-15)22(28)30-13-18(25)23-17-12-8-7-11-16(17)21(27)29-3/h4-12,14,19H,13H2,1-3H3,(H,23,25)(H,24,26)/t19-/m0/s1. The lowest BCUT2D eigenvalue weighted by Gasteiger charge is -2.21. The van der Waals surface area contributed by atoms with E-state index < -0.39 is 36.4 Å². The summed E-state index contributed by atoms with van der Waals surface area (Å²) in [6, 6.07) is 13.9. The number of carbonyl (C=O) groups is 4. The van der Waals surface area contributed by atoms with Crippen molar-refractivity contribution in [2.24, 2.45) is 5.92 Å². The molecule has 2 amide bonds. The van der Waals surface area contributed by atoms with E-state index in [0.29, 0.717) is 5.56 Å². The number of esters is 2. The number of ether oxygens (including phenoxy) is 2. The molecule has 0 spiro atoms. The number of anilines is 1. The zero-order chi connectivity index (χ0) is 22.1. The fourth-order valence-electron chi connectivity index (χ4n) is 2.60. The Hall–Kier alpha value is -3.68. The summed E-state index contributed by atoms with van der Waals surface area (Å²) in [4.78, 5) is 48.7. The summed E-state index contributed by atoms with van der Waals surface area (Å²) in [5, 5.41) is 5.14. The maximum atomic E-state index is 12.4. The topological polar surface area (TPSA) is 111 Å². The minimum atomic E-state index is -0.923. The lowest BCUT2D eigenvalue weighted by molar-refractivity contribution is -0.150. The van der Waals surface area contributed by atoms with Crippen LogP contribution in [-0.2, 0) is 19.1 Å². The van der Waals surface area contributed by atoms with Crippen molar-refractivity contribution in [3.63, 3.8) is 0 Å². The van der Waals surface area contributed by atoms with Gasteiger partial charge >= 0.3 is 11.9 Å². The number of rotatable bonds is 8. The van der Waals surface area contributed by atoms with E-state index in [1.807, 2.05) is 0 Å². The first-order valence-corrected chi connectivity index (χ1v) is 9.33. The highest BCUT2D eigenvalue weighted by Crippen LogP contribution is 2.16. The number of carbonyl (C=O) groups excluding carboxylic acids is 4. The Balaban J connectivity index is 1.96.